The zero-order valence-electron chi connectivity index (χ0n) is 12.7. The van der Waals surface area contributed by atoms with Crippen LogP contribution in [0.15, 0.2) is 48.0 Å². The number of halogens is 1. The minimum Gasteiger partial charge on any atom is -0.488 e. The minimum atomic E-state index is -0.522. The molecule has 122 valence electrons. The molecule has 0 unspecified atom stereocenters. The van der Waals surface area contributed by atoms with E-state index >= 15 is 0 Å². The highest BCUT2D eigenvalue weighted by molar-refractivity contribution is 6.30. The molecule has 0 spiro atoms. The van der Waals surface area contributed by atoms with Gasteiger partial charge in [-0.25, -0.2) is 9.59 Å². The minimum absolute atomic E-state index is 0.119. The molecule has 0 amide bonds. The third kappa shape index (κ3) is 3.41. The average molecular weight is 345 g/mol. The summed E-state index contributed by atoms with van der Waals surface area (Å²) in [4.78, 5) is 23.6. The van der Waals surface area contributed by atoms with Crippen LogP contribution in [-0.4, -0.2) is 25.7 Å². The summed E-state index contributed by atoms with van der Waals surface area (Å²) in [6, 6.07) is 11.3. The maximum absolute atomic E-state index is 12.2. The molecular formula is C18H13ClO5. The van der Waals surface area contributed by atoms with Gasteiger partial charge in [0.25, 0.3) is 0 Å². The first-order valence-corrected chi connectivity index (χ1v) is 7.48. The second-order valence-electron chi connectivity index (χ2n) is 5.05. The van der Waals surface area contributed by atoms with Crippen LogP contribution in [0.5, 0.6) is 11.5 Å². The van der Waals surface area contributed by atoms with E-state index in [2.05, 4.69) is 4.74 Å². The molecule has 6 heteroatoms. The number of benzene rings is 2. The predicted molar refractivity (Wildman–Crippen MR) is 88.3 cm³/mol. The molecule has 0 fully saturated rings. The average Bonchev–Trinajstić information content (AvgIpc) is 2.61. The molecule has 0 radical (unpaired) electrons. The Morgan fingerprint density at radius 2 is 1.83 bits per heavy atom. The number of hydrogen-bond acceptors (Lipinski definition) is 5. The first-order chi connectivity index (χ1) is 11.6. The number of ether oxygens (including phenoxy) is 3. The monoisotopic (exact) mass is 344 g/mol. The number of methoxy groups -OCH3 is 1. The smallest absolute Gasteiger partial charge is 0.342 e. The fraction of sp³-hybridized carbons (Fsp3) is 0.111. The van der Waals surface area contributed by atoms with Crippen molar-refractivity contribution in [3.63, 3.8) is 0 Å². The molecule has 5 nitrogen and oxygen atoms in total. The van der Waals surface area contributed by atoms with Gasteiger partial charge in [-0.2, -0.15) is 0 Å². The van der Waals surface area contributed by atoms with Gasteiger partial charge in [-0.3, -0.25) is 0 Å². The number of carbonyl (C=O) groups excluding carboxylic acids is 2. The Bertz CT molecular complexity index is 824. The van der Waals surface area contributed by atoms with Crippen LogP contribution in [0.3, 0.4) is 0 Å². The van der Waals surface area contributed by atoms with Gasteiger partial charge in [0.2, 0.25) is 0 Å². The molecule has 0 atom stereocenters. The van der Waals surface area contributed by atoms with Crippen molar-refractivity contribution in [2.24, 2.45) is 0 Å². The Labute approximate surface area is 143 Å². The molecular weight excluding hydrogens is 332 g/mol. The van der Waals surface area contributed by atoms with E-state index in [4.69, 9.17) is 21.1 Å². The zero-order chi connectivity index (χ0) is 17.1. The van der Waals surface area contributed by atoms with Crippen LogP contribution in [-0.2, 0) is 9.53 Å². The van der Waals surface area contributed by atoms with Gasteiger partial charge >= 0.3 is 11.9 Å². The van der Waals surface area contributed by atoms with E-state index in [-0.39, 0.29) is 6.61 Å². The summed E-state index contributed by atoms with van der Waals surface area (Å²) in [6.45, 7) is 0.119. The molecule has 0 N–H and O–H groups in total. The molecule has 0 bridgehead atoms. The van der Waals surface area contributed by atoms with Crippen molar-refractivity contribution < 1.29 is 23.8 Å². The van der Waals surface area contributed by atoms with Gasteiger partial charge in [-0.15, -0.1) is 0 Å². The maximum Gasteiger partial charge on any atom is 0.342 e. The van der Waals surface area contributed by atoms with E-state index in [1.54, 1.807) is 24.3 Å². The van der Waals surface area contributed by atoms with Crippen molar-refractivity contribution in [2.75, 3.05) is 13.7 Å². The molecule has 3 rings (SSSR count). The standard InChI is InChI=1S/C18H13ClO5/c1-22-17(20)11-2-5-15(6-3-11)24-18(21)13-8-12-9-14(19)4-7-16(12)23-10-13/h2-9H,10H2,1H3. The highest BCUT2D eigenvalue weighted by atomic mass is 35.5. The van der Waals surface area contributed by atoms with Gasteiger partial charge in [0.05, 0.1) is 18.2 Å². The van der Waals surface area contributed by atoms with Crippen LogP contribution in [0, 0.1) is 0 Å². The molecule has 1 aliphatic heterocycles. The van der Waals surface area contributed by atoms with E-state index in [9.17, 15) is 9.59 Å². The second kappa shape index (κ2) is 6.76. The van der Waals surface area contributed by atoms with Crippen molar-refractivity contribution in [1.29, 1.82) is 0 Å². The summed E-state index contributed by atoms with van der Waals surface area (Å²) in [7, 11) is 1.30. The van der Waals surface area contributed by atoms with E-state index in [1.165, 1.54) is 31.4 Å². The lowest BCUT2D eigenvalue weighted by Crippen LogP contribution is -2.19. The number of rotatable bonds is 3. The van der Waals surface area contributed by atoms with E-state index in [1.807, 2.05) is 0 Å². The third-order valence-electron chi connectivity index (χ3n) is 3.43. The van der Waals surface area contributed by atoms with Gasteiger partial charge < -0.3 is 14.2 Å². The van der Waals surface area contributed by atoms with Crippen LogP contribution in [0.1, 0.15) is 15.9 Å². The lowest BCUT2D eigenvalue weighted by atomic mass is 10.1. The molecule has 0 saturated carbocycles. The summed E-state index contributed by atoms with van der Waals surface area (Å²) >= 11 is 5.95. The maximum atomic E-state index is 12.2. The number of esters is 2. The molecule has 24 heavy (non-hydrogen) atoms. The topological polar surface area (TPSA) is 61.8 Å². The first kappa shape index (κ1) is 16.1. The van der Waals surface area contributed by atoms with Crippen molar-refractivity contribution in [3.8, 4) is 11.5 Å². The molecule has 2 aromatic carbocycles. The largest absolute Gasteiger partial charge is 0.488 e. The van der Waals surface area contributed by atoms with Crippen molar-refractivity contribution in [1.82, 2.24) is 0 Å². The quantitative estimate of drug-likeness (QED) is 0.630. The van der Waals surface area contributed by atoms with Gasteiger partial charge in [-0.1, -0.05) is 11.6 Å². The number of hydrogen-bond donors (Lipinski definition) is 0. The molecule has 0 saturated heterocycles. The van der Waals surface area contributed by atoms with Crippen LogP contribution < -0.4 is 9.47 Å². The highest BCUT2D eigenvalue weighted by Crippen LogP contribution is 2.29. The molecule has 0 aliphatic carbocycles. The van der Waals surface area contributed by atoms with Gasteiger partial charge in [-0.05, 0) is 48.5 Å². The van der Waals surface area contributed by atoms with Crippen LogP contribution in [0.25, 0.3) is 6.08 Å². The molecule has 1 aliphatic rings. The Balaban J connectivity index is 1.74. The zero-order valence-corrected chi connectivity index (χ0v) is 13.5. The van der Waals surface area contributed by atoms with Gasteiger partial charge in [0.15, 0.2) is 0 Å². The van der Waals surface area contributed by atoms with E-state index in [0.717, 1.165) is 5.56 Å². The lowest BCUT2D eigenvalue weighted by Gasteiger charge is -2.17. The second-order valence-corrected chi connectivity index (χ2v) is 5.48. The Kier molecular flexibility index (Phi) is 4.53. The van der Waals surface area contributed by atoms with Crippen LogP contribution >= 0.6 is 11.6 Å². The summed E-state index contributed by atoms with van der Waals surface area (Å²) in [5.41, 5.74) is 1.48. The third-order valence-corrected chi connectivity index (χ3v) is 3.67. The molecule has 1 heterocycles. The number of fused-ring (bicyclic) bond motifs is 1. The Morgan fingerprint density at radius 3 is 2.54 bits per heavy atom. The van der Waals surface area contributed by atoms with Crippen LogP contribution in [0.4, 0.5) is 0 Å². The van der Waals surface area contributed by atoms with Gasteiger partial charge in [0, 0.05) is 10.6 Å². The number of carbonyl (C=O) groups is 2. The summed E-state index contributed by atoms with van der Waals surface area (Å²) in [6.07, 6.45) is 1.69. The van der Waals surface area contributed by atoms with Crippen molar-refractivity contribution in [2.45, 2.75) is 0 Å². The Hall–Kier alpha value is -2.79. The normalized spacial score (nSPS) is 12.5. The summed E-state index contributed by atoms with van der Waals surface area (Å²) in [5.74, 6) is 0.0139. The first-order valence-electron chi connectivity index (χ1n) is 7.10. The lowest BCUT2D eigenvalue weighted by molar-refractivity contribution is -0.130. The predicted octanol–water partition coefficient (Wildman–Crippen LogP) is 3.51. The molecule has 0 aromatic heterocycles. The van der Waals surface area contributed by atoms with Crippen molar-refractivity contribution >= 4 is 29.6 Å². The fourth-order valence-electron chi connectivity index (χ4n) is 2.22. The van der Waals surface area contributed by atoms with E-state index < -0.39 is 11.9 Å². The summed E-state index contributed by atoms with van der Waals surface area (Å²) < 4.78 is 15.4. The highest BCUT2D eigenvalue weighted by Gasteiger charge is 2.19. The Morgan fingerprint density at radius 1 is 1.08 bits per heavy atom. The van der Waals surface area contributed by atoms with Gasteiger partial charge in [0.1, 0.15) is 18.1 Å². The fourth-order valence-corrected chi connectivity index (χ4v) is 2.40. The van der Waals surface area contributed by atoms with Crippen LogP contribution in [0.2, 0.25) is 5.02 Å². The summed E-state index contributed by atoms with van der Waals surface area (Å²) in [5, 5.41) is 0.557. The SMILES string of the molecule is COC(=O)c1ccc(OC(=O)C2=Cc3cc(Cl)ccc3OC2)cc1. The molecule has 2 aromatic rings. The van der Waals surface area contributed by atoms with E-state index in [0.29, 0.717) is 27.7 Å². The van der Waals surface area contributed by atoms with Crippen molar-refractivity contribution in [3.05, 3.63) is 64.2 Å².